The molecule has 2 aliphatic heterocycles. The van der Waals surface area contributed by atoms with E-state index in [0.717, 1.165) is 91.5 Å². The molecule has 4 nitrogen and oxygen atoms in total. The molecule has 0 spiro atoms. The van der Waals surface area contributed by atoms with Crippen molar-refractivity contribution in [2.24, 2.45) is 0 Å². The summed E-state index contributed by atoms with van der Waals surface area (Å²) < 4.78 is 3.74. The van der Waals surface area contributed by atoms with Crippen LogP contribution in [-0.4, -0.2) is 23.9 Å². The molecule has 3 aromatic rings. The molecule has 0 saturated carbocycles. The topological polar surface area (TPSA) is 46.5 Å². The van der Waals surface area contributed by atoms with E-state index in [9.17, 15) is 0 Å². The van der Waals surface area contributed by atoms with Crippen molar-refractivity contribution in [3.63, 3.8) is 0 Å². The molecule has 5 heteroatoms. The minimum Gasteiger partial charge on any atom is -0.355 e. The van der Waals surface area contributed by atoms with E-state index < -0.39 is 0 Å². The quantitative estimate of drug-likeness (QED) is 0.160. The second-order valence-corrected chi connectivity index (χ2v) is 13.0. The third kappa shape index (κ3) is 5.63. The fourth-order valence-corrected chi connectivity index (χ4v) is 8.09. The zero-order valence-electron chi connectivity index (χ0n) is 28.3. The van der Waals surface area contributed by atoms with Crippen LogP contribution in [0.25, 0.3) is 44.4 Å². The van der Waals surface area contributed by atoms with Crippen molar-refractivity contribution >= 4 is 67.0 Å². The van der Waals surface area contributed by atoms with Crippen LogP contribution in [0.15, 0.2) is 24.3 Å². The van der Waals surface area contributed by atoms with Crippen LogP contribution in [0.2, 0.25) is 0 Å². The number of halogens is 1. The van der Waals surface area contributed by atoms with Gasteiger partial charge in [0.1, 0.15) is 0 Å². The highest BCUT2D eigenvalue weighted by Gasteiger charge is 2.23. The molecule has 2 aliphatic rings. The number of aromatic amines is 1. The molecule has 234 valence electrons. The van der Waals surface area contributed by atoms with Crippen molar-refractivity contribution in [1.29, 1.82) is 0 Å². The Balaban J connectivity index is 2.08. The number of allylic oxidation sites excluding steroid dienone is 4. The predicted octanol–water partition coefficient (Wildman–Crippen LogP) is 11.3. The molecule has 0 fully saturated rings. The lowest BCUT2D eigenvalue weighted by Gasteiger charge is -2.08. The third-order valence-electron chi connectivity index (χ3n) is 9.75. The Morgan fingerprint density at radius 3 is 1.20 bits per heavy atom. The van der Waals surface area contributed by atoms with Gasteiger partial charge in [-0.25, -0.2) is 9.97 Å². The number of aromatic nitrogens is 4. The third-order valence-corrected chi connectivity index (χ3v) is 10.5. The first kappa shape index (κ1) is 32.7. The number of alkyl halides is 1. The maximum atomic E-state index is 5.42. The molecule has 0 amide bonds. The molecule has 5 heterocycles. The fraction of sp³-hybridized carbons (Fsp3) is 0.487. The number of rotatable bonds is 11. The van der Waals surface area contributed by atoms with Crippen molar-refractivity contribution in [3.8, 4) is 0 Å². The number of H-pyrrole nitrogens is 1. The summed E-state index contributed by atoms with van der Waals surface area (Å²) in [6.07, 6.45) is 9.05. The van der Waals surface area contributed by atoms with Crippen molar-refractivity contribution < 1.29 is 0 Å². The minimum atomic E-state index is 0.979. The standard InChI is InChI=1S/C39H51IN4/c1-9-24-25(10-2)33-21-35-27(12-4)29(14-6)37(43-35)23-39-31(16-8)30(15-7)38(44(39)19-17-18-40)22-36-28(13-5)26(11-3)34(42-36)20-32(24)41-33/h20-23,41H,9-19H2,1-8H3. The number of aryl methyl sites for hydroxylation is 5. The first-order chi connectivity index (χ1) is 21.4. The van der Waals surface area contributed by atoms with Gasteiger partial charge in [0.05, 0.1) is 22.8 Å². The number of nitrogens with zero attached hydrogens (tertiary/aromatic N) is 3. The summed E-state index contributed by atoms with van der Waals surface area (Å²) in [6.45, 7) is 19.3. The zero-order valence-corrected chi connectivity index (χ0v) is 30.5. The summed E-state index contributed by atoms with van der Waals surface area (Å²) in [5, 5.41) is 0. The van der Waals surface area contributed by atoms with Gasteiger partial charge in [-0.05, 0) is 127 Å². The summed E-state index contributed by atoms with van der Waals surface area (Å²) in [5.74, 6) is 0. The Morgan fingerprint density at radius 1 is 0.523 bits per heavy atom. The molecule has 0 radical (unpaired) electrons. The monoisotopic (exact) mass is 702 g/mol. The van der Waals surface area contributed by atoms with Gasteiger partial charge in [-0.2, -0.15) is 0 Å². The molecular weight excluding hydrogens is 651 g/mol. The molecule has 0 unspecified atom stereocenters. The van der Waals surface area contributed by atoms with Crippen molar-refractivity contribution in [1.82, 2.24) is 19.5 Å². The smallest absolute Gasteiger partial charge is 0.0693 e. The highest BCUT2D eigenvalue weighted by molar-refractivity contribution is 14.1. The molecule has 0 saturated heterocycles. The Morgan fingerprint density at radius 2 is 0.886 bits per heavy atom. The van der Waals surface area contributed by atoms with E-state index in [1.807, 2.05) is 0 Å². The van der Waals surface area contributed by atoms with E-state index in [4.69, 9.17) is 9.97 Å². The molecule has 8 bridgehead atoms. The SMILES string of the molecule is CCC1=C(CC)c2cc3c(CC)c(CC)c(cc4nc(cc5[nH]c(cc1n2)c(CC)c5CC)C(CC)=C4CC)n3CCCI. The van der Waals surface area contributed by atoms with Crippen LogP contribution in [0, 0.1) is 0 Å². The van der Waals surface area contributed by atoms with Crippen LogP contribution in [0.5, 0.6) is 0 Å². The Kier molecular flexibility index (Phi) is 10.5. The van der Waals surface area contributed by atoms with Gasteiger partial charge in [0.2, 0.25) is 0 Å². The molecular formula is C39H51IN4. The highest BCUT2D eigenvalue weighted by Crippen LogP contribution is 2.39. The van der Waals surface area contributed by atoms with Crippen LogP contribution in [-0.2, 0) is 32.2 Å². The van der Waals surface area contributed by atoms with E-state index >= 15 is 0 Å². The highest BCUT2D eigenvalue weighted by atomic mass is 127. The van der Waals surface area contributed by atoms with Gasteiger partial charge in [-0.15, -0.1) is 0 Å². The first-order valence-corrected chi connectivity index (χ1v) is 18.7. The van der Waals surface area contributed by atoms with Crippen molar-refractivity contribution in [3.05, 3.63) is 69.3 Å². The average Bonchev–Trinajstić information content (AvgIpc) is 3.73. The second-order valence-electron chi connectivity index (χ2n) is 11.9. The van der Waals surface area contributed by atoms with Crippen molar-refractivity contribution in [2.75, 3.05) is 4.43 Å². The van der Waals surface area contributed by atoms with E-state index in [2.05, 4.69) is 112 Å². The lowest BCUT2D eigenvalue weighted by Crippen LogP contribution is -1.99. The Labute approximate surface area is 278 Å². The Hall–Kier alpha value is -2.67. The summed E-state index contributed by atoms with van der Waals surface area (Å²) >= 11 is 2.53. The van der Waals surface area contributed by atoms with E-state index in [1.165, 1.54) is 66.6 Å². The molecule has 44 heavy (non-hydrogen) atoms. The van der Waals surface area contributed by atoms with Gasteiger partial charge in [0, 0.05) is 33.0 Å². The van der Waals surface area contributed by atoms with Crippen LogP contribution in [0.3, 0.4) is 0 Å². The maximum Gasteiger partial charge on any atom is 0.0693 e. The largest absolute Gasteiger partial charge is 0.355 e. The summed E-state index contributed by atoms with van der Waals surface area (Å²) in [4.78, 5) is 14.7. The molecule has 1 N–H and O–H groups in total. The van der Waals surface area contributed by atoms with Gasteiger partial charge in [0.15, 0.2) is 0 Å². The second kappa shape index (κ2) is 14.2. The maximum absolute atomic E-state index is 5.42. The number of hydrogen-bond acceptors (Lipinski definition) is 2. The minimum absolute atomic E-state index is 0.979. The fourth-order valence-electron chi connectivity index (χ4n) is 7.75. The molecule has 0 atom stereocenters. The number of hydrogen-bond donors (Lipinski definition) is 1. The van der Waals surface area contributed by atoms with E-state index in [0.29, 0.717) is 0 Å². The number of fused-ring (bicyclic) bond motifs is 8. The molecule has 0 aromatic carbocycles. The Bertz CT molecular complexity index is 1660. The summed E-state index contributed by atoms with van der Waals surface area (Å²) in [5.41, 5.74) is 20.9. The molecule has 0 aliphatic carbocycles. The van der Waals surface area contributed by atoms with E-state index in [-0.39, 0.29) is 0 Å². The summed E-state index contributed by atoms with van der Waals surface area (Å²) in [6, 6.07) is 9.53. The van der Waals surface area contributed by atoms with Gasteiger partial charge in [-0.1, -0.05) is 78.0 Å². The van der Waals surface area contributed by atoms with Gasteiger partial charge in [0.25, 0.3) is 0 Å². The lowest BCUT2D eigenvalue weighted by molar-refractivity contribution is 0.731. The number of nitrogens with one attached hydrogen (secondary N) is 1. The van der Waals surface area contributed by atoms with E-state index in [1.54, 1.807) is 0 Å². The predicted molar refractivity (Wildman–Crippen MR) is 200 cm³/mol. The molecule has 5 rings (SSSR count). The van der Waals surface area contributed by atoms with Crippen LogP contribution in [0.4, 0.5) is 0 Å². The lowest BCUT2D eigenvalue weighted by atomic mass is 9.98. The summed E-state index contributed by atoms with van der Waals surface area (Å²) in [7, 11) is 0. The normalized spacial score (nSPS) is 13.5. The van der Waals surface area contributed by atoms with Gasteiger partial charge < -0.3 is 9.55 Å². The average molecular weight is 703 g/mol. The van der Waals surface area contributed by atoms with Gasteiger partial charge >= 0.3 is 0 Å². The zero-order chi connectivity index (χ0) is 31.5. The van der Waals surface area contributed by atoms with Crippen molar-refractivity contribution in [2.45, 2.75) is 120 Å². The van der Waals surface area contributed by atoms with Crippen LogP contribution >= 0.6 is 22.6 Å². The van der Waals surface area contributed by atoms with Crippen LogP contribution < -0.4 is 0 Å². The molecule has 3 aromatic heterocycles. The van der Waals surface area contributed by atoms with Gasteiger partial charge in [-0.3, -0.25) is 0 Å². The van der Waals surface area contributed by atoms with Crippen LogP contribution in [0.1, 0.15) is 133 Å². The first-order valence-electron chi connectivity index (χ1n) is 17.2.